The quantitative estimate of drug-likeness (QED) is 0.567. The number of carboxylic acids is 1. The lowest BCUT2D eigenvalue weighted by Crippen LogP contribution is -2.56. The molecule has 2 N–H and O–H groups in total. The molecule has 17 heavy (non-hydrogen) atoms. The first-order valence-corrected chi connectivity index (χ1v) is 4.92. The SMILES string of the molecule is CNC(=O)CN1CC(=O)N(CC(=O)O)CC1=O. The van der Waals surface area contributed by atoms with Crippen LogP contribution in [0.1, 0.15) is 0 Å². The van der Waals surface area contributed by atoms with Gasteiger partial charge in [0.1, 0.15) is 26.2 Å². The number of nitrogens with one attached hydrogen (secondary N) is 1. The summed E-state index contributed by atoms with van der Waals surface area (Å²) in [5.41, 5.74) is 0. The second kappa shape index (κ2) is 5.28. The van der Waals surface area contributed by atoms with Gasteiger partial charge < -0.3 is 20.2 Å². The number of nitrogens with zero attached hydrogens (tertiary/aromatic N) is 2. The number of rotatable bonds is 4. The molecule has 0 aromatic rings. The molecule has 94 valence electrons. The zero-order valence-electron chi connectivity index (χ0n) is 9.30. The lowest BCUT2D eigenvalue weighted by atomic mass is 10.3. The van der Waals surface area contributed by atoms with Crippen LogP contribution in [0.5, 0.6) is 0 Å². The second-order valence-electron chi connectivity index (χ2n) is 3.57. The minimum atomic E-state index is -1.18. The van der Waals surface area contributed by atoms with E-state index in [1.54, 1.807) is 0 Å². The van der Waals surface area contributed by atoms with Crippen LogP contribution in [0.15, 0.2) is 0 Å². The van der Waals surface area contributed by atoms with Crippen molar-refractivity contribution in [3.63, 3.8) is 0 Å². The van der Waals surface area contributed by atoms with Crippen LogP contribution in [0, 0.1) is 0 Å². The Labute approximate surface area is 97.2 Å². The third-order valence-corrected chi connectivity index (χ3v) is 2.30. The van der Waals surface area contributed by atoms with Gasteiger partial charge >= 0.3 is 5.97 Å². The fourth-order valence-corrected chi connectivity index (χ4v) is 1.41. The molecule has 1 aliphatic heterocycles. The summed E-state index contributed by atoms with van der Waals surface area (Å²) in [5.74, 6) is -2.46. The van der Waals surface area contributed by atoms with Crippen LogP contribution in [0.3, 0.4) is 0 Å². The number of hydrogen-bond acceptors (Lipinski definition) is 4. The van der Waals surface area contributed by atoms with E-state index in [1.807, 2.05) is 0 Å². The molecular weight excluding hydrogens is 230 g/mol. The Morgan fingerprint density at radius 3 is 2.06 bits per heavy atom. The molecule has 0 atom stereocenters. The van der Waals surface area contributed by atoms with Crippen LogP contribution in [0.2, 0.25) is 0 Å². The standard InChI is InChI=1S/C9H13N3O5/c1-10-6(13)2-11-3-8(15)12(4-7(11)14)5-9(16)17/h2-5H2,1H3,(H,10,13)(H,16,17). The summed E-state index contributed by atoms with van der Waals surface area (Å²) in [5, 5.41) is 10.9. The molecule has 0 spiro atoms. The highest BCUT2D eigenvalue weighted by Crippen LogP contribution is 2.04. The van der Waals surface area contributed by atoms with Crippen molar-refractivity contribution in [2.24, 2.45) is 0 Å². The zero-order chi connectivity index (χ0) is 13.0. The Hall–Kier alpha value is -2.12. The number of piperazine rings is 1. The number of hydrogen-bond donors (Lipinski definition) is 2. The molecule has 0 aliphatic carbocycles. The fourth-order valence-electron chi connectivity index (χ4n) is 1.41. The smallest absolute Gasteiger partial charge is 0.323 e. The lowest BCUT2D eigenvalue weighted by Gasteiger charge is -2.32. The van der Waals surface area contributed by atoms with E-state index in [9.17, 15) is 19.2 Å². The van der Waals surface area contributed by atoms with Crippen molar-refractivity contribution in [2.45, 2.75) is 0 Å². The minimum absolute atomic E-state index is 0.192. The van der Waals surface area contributed by atoms with Gasteiger partial charge in [-0.05, 0) is 0 Å². The van der Waals surface area contributed by atoms with Crippen molar-refractivity contribution < 1.29 is 24.3 Å². The molecule has 1 heterocycles. The van der Waals surface area contributed by atoms with Crippen LogP contribution in [-0.2, 0) is 19.2 Å². The van der Waals surface area contributed by atoms with Crippen LogP contribution in [0.25, 0.3) is 0 Å². The minimum Gasteiger partial charge on any atom is -0.480 e. The topological polar surface area (TPSA) is 107 Å². The maximum atomic E-state index is 11.5. The van der Waals surface area contributed by atoms with Gasteiger partial charge in [-0.3, -0.25) is 19.2 Å². The van der Waals surface area contributed by atoms with Gasteiger partial charge in [0.15, 0.2) is 0 Å². The number of aliphatic carboxylic acids is 1. The van der Waals surface area contributed by atoms with Gasteiger partial charge in [-0.1, -0.05) is 0 Å². The highest BCUT2D eigenvalue weighted by Gasteiger charge is 2.31. The largest absolute Gasteiger partial charge is 0.480 e. The van der Waals surface area contributed by atoms with Crippen molar-refractivity contribution in [3.05, 3.63) is 0 Å². The van der Waals surface area contributed by atoms with Crippen LogP contribution < -0.4 is 5.32 Å². The Bertz CT molecular complexity index is 368. The molecule has 0 aromatic carbocycles. The number of likely N-dealkylation sites (N-methyl/N-ethyl adjacent to an activating group) is 1. The first-order valence-electron chi connectivity index (χ1n) is 4.92. The van der Waals surface area contributed by atoms with Crippen molar-refractivity contribution in [1.29, 1.82) is 0 Å². The van der Waals surface area contributed by atoms with Crippen LogP contribution >= 0.6 is 0 Å². The van der Waals surface area contributed by atoms with E-state index in [2.05, 4.69) is 5.32 Å². The average Bonchev–Trinajstić information content (AvgIpc) is 2.24. The van der Waals surface area contributed by atoms with E-state index in [1.165, 1.54) is 7.05 Å². The maximum Gasteiger partial charge on any atom is 0.323 e. The first kappa shape index (κ1) is 12.9. The summed E-state index contributed by atoms with van der Waals surface area (Å²) >= 11 is 0. The Balaban J connectivity index is 2.61. The van der Waals surface area contributed by atoms with E-state index in [0.29, 0.717) is 0 Å². The Morgan fingerprint density at radius 2 is 1.65 bits per heavy atom. The lowest BCUT2D eigenvalue weighted by molar-refractivity contribution is -0.155. The van der Waals surface area contributed by atoms with Crippen molar-refractivity contribution >= 4 is 23.7 Å². The first-order chi connectivity index (χ1) is 7.93. The summed E-state index contributed by atoms with van der Waals surface area (Å²) in [4.78, 5) is 46.6. The van der Waals surface area contributed by atoms with Gasteiger partial charge in [-0.2, -0.15) is 0 Å². The molecule has 0 saturated carbocycles. The Kier molecular flexibility index (Phi) is 4.02. The summed E-state index contributed by atoms with van der Waals surface area (Å²) in [6.07, 6.45) is 0. The van der Waals surface area contributed by atoms with E-state index in [-0.39, 0.29) is 25.5 Å². The Morgan fingerprint density at radius 1 is 1.18 bits per heavy atom. The normalized spacial score (nSPS) is 16.1. The molecule has 0 bridgehead atoms. The molecule has 1 fully saturated rings. The average molecular weight is 243 g/mol. The van der Waals surface area contributed by atoms with Crippen molar-refractivity contribution in [3.8, 4) is 0 Å². The number of carbonyl (C=O) groups excluding carboxylic acids is 3. The van der Waals surface area contributed by atoms with E-state index in [0.717, 1.165) is 9.80 Å². The van der Waals surface area contributed by atoms with Gasteiger partial charge in [0.05, 0.1) is 0 Å². The summed E-state index contributed by atoms with van der Waals surface area (Å²) in [6, 6.07) is 0. The third-order valence-electron chi connectivity index (χ3n) is 2.30. The van der Waals surface area contributed by atoms with Gasteiger partial charge in [0.2, 0.25) is 17.7 Å². The van der Waals surface area contributed by atoms with Gasteiger partial charge in [0.25, 0.3) is 0 Å². The molecule has 1 saturated heterocycles. The van der Waals surface area contributed by atoms with Crippen molar-refractivity contribution in [2.75, 3.05) is 33.2 Å². The predicted octanol–water partition coefficient (Wildman–Crippen LogP) is -2.51. The monoisotopic (exact) mass is 243 g/mol. The van der Waals surface area contributed by atoms with E-state index < -0.39 is 24.3 Å². The van der Waals surface area contributed by atoms with Gasteiger partial charge in [-0.15, -0.1) is 0 Å². The maximum absolute atomic E-state index is 11.5. The fraction of sp³-hybridized carbons (Fsp3) is 0.556. The zero-order valence-corrected chi connectivity index (χ0v) is 9.30. The highest BCUT2D eigenvalue weighted by molar-refractivity contribution is 5.96. The number of carboxylic acid groups (broad SMARTS) is 1. The van der Waals surface area contributed by atoms with E-state index >= 15 is 0 Å². The molecule has 3 amide bonds. The van der Waals surface area contributed by atoms with Gasteiger partial charge in [0, 0.05) is 7.05 Å². The molecule has 1 rings (SSSR count). The third kappa shape index (κ3) is 3.44. The van der Waals surface area contributed by atoms with E-state index in [4.69, 9.17) is 5.11 Å². The molecule has 1 aliphatic rings. The molecule has 8 nitrogen and oxygen atoms in total. The van der Waals surface area contributed by atoms with Crippen molar-refractivity contribution in [1.82, 2.24) is 15.1 Å². The molecule has 8 heteroatoms. The summed E-state index contributed by atoms with van der Waals surface area (Å²) in [7, 11) is 1.43. The van der Waals surface area contributed by atoms with Crippen LogP contribution in [-0.4, -0.2) is 71.8 Å². The van der Waals surface area contributed by atoms with Crippen LogP contribution in [0.4, 0.5) is 0 Å². The molecule has 0 radical (unpaired) electrons. The predicted molar refractivity (Wildman–Crippen MR) is 54.9 cm³/mol. The second-order valence-corrected chi connectivity index (χ2v) is 3.57. The number of amides is 3. The highest BCUT2D eigenvalue weighted by atomic mass is 16.4. The molecule has 0 aromatic heterocycles. The summed E-state index contributed by atoms with van der Waals surface area (Å²) in [6.45, 7) is -1.26. The summed E-state index contributed by atoms with van der Waals surface area (Å²) < 4.78 is 0. The molecule has 0 unspecified atom stereocenters. The van der Waals surface area contributed by atoms with Gasteiger partial charge in [-0.25, -0.2) is 0 Å². The molecular formula is C9H13N3O5. The number of carbonyl (C=O) groups is 4.